The summed E-state index contributed by atoms with van der Waals surface area (Å²) in [5.41, 5.74) is 2.16. The molecule has 0 aliphatic rings. The predicted molar refractivity (Wildman–Crippen MR) is 107 cm³/mol. The summed E-state index contributed by atoms with van der Waals surface area (Å²) < 4.78 is 0. The second-order valence-corrected chi connectivity index (χ2v) is 6.63. The lowest BCUT2D eigenvalue weighted by atomic mass is 10.0. The summed E-state index contributed by atoms with van der Waals surface area (Å²) in [5, 5.41) is 25.2. The van der Waals surface area contributed by atoms with Crippen LogP contribution in [-0.2, 0) is 0 Å². The lowest BCUT2D eigenvalue weighted by Crippen LogP contribution is -1.87. The highest BCUT2D eigenvalue weighted by atomic mass is 32.1. The molecule has 0 spiro atoms. The molecule has 0 bridgehead atoms. The van der Waals surface area contributed by atoms with Crippen LogP contribution in [-0.4, -0.2) is 21.2 Å². The second kappa shape index (κ2) is 6.97. The van der Waals surface area contributed by atoms with Crippen LogP contribution in [0.2, 0.25) is 0 Å². The van der Waals surface area contributed by atoms with Crippen LogP contribution >= 0.6 is 11.3 Å². The first-order valence-electron chi connectivity index (χ1n) is 8.07. The normalized spacial score (nSPS) is 11.3. The van der Waals surface area contributed by atoms with Crippen LogP contribution in [0.1, 0.15) is 5.56 Å². The van der Waals surface area contributed by atoms with Gasteiger partial charge in [-0.05, 0) is 29.0 Å². The molecule has 6 nitrogen and oxygen atoms in total. The van der Waals surface area contributed by atoms with Gasteiger partial charge in [0.25, 0.3) is 5.69 Å². The molecule has 4 aromatic rings. The third-order valence-electron chi connectivity index (χ3n) is 4.12. The number of phenols is 1. The molecule has 0 saturated heterocycles. The van der Waals surface area contributed by atoms with Crippen LogP contribution in [0.15, 0.2) is 71.0 Å². The molecule has 132 valence electrons. The number of hydrogen-bond acceptors (Lipinski definition) is 6. The minimum atomic E-state index is -0.433. The van der Waals surface area contributed by atoms with Gasteiger partial charge in [-0.1, -0.05) is 30.3 Å². The van der Waals surface area contributed by atoms with E-state index in [2.05, 4.69) is 9.98 Å². The van der Waals surface area contributed by atoms with Gasteiger partial charge in [-0.3, -0.25) is 10.1 Å². The zero-order chi connectivity index (χ0) is 18.8. The first-order valence-corrected chi connectivity index (χ1v) is 8.95. The molecule has 0 amide bonds. The fraction of sp³-hybridized carbons (Fsp3) is 0. The Morgan fingerprint density at radius 3 is 2.63 bits per heavy atom. The number of nitro benzene ring substituents is 1. The van der Waals surface area contributed by atoms with Crippen molar-refractivity contribution in [1.82, 2.24) is 4.98 Å². The number of nitro groups is 1. The van der Waals surface area contributed by atoms with Crippen LogP contribution in [0, 0.1) is 10.1 Å². The molecule has 1 N–H and O–H groups in total. The maximum atomic E-state index is 10.7. The lowest BCUT2D eigenvalue weighted by molar-refractivity contribution is -0.384. The van der Waals surface area contributed by atoms with Crippen molar-refractivity contribution in [1.29, 1.82) is 0 Å². The Bertz CT molecular complexity index is 1170. The van der Waals surface area contributed by atoms with E-state index < -0.39 is 4.92 Å². The number of aromatic nitrogens is 1. The van der Waals surface area contributed by atoms with E-state index in [1.807, 2.05) is 35.7 Å². The number of aliphatic imine (C=N–C) groups is 1. The minimum Gasteiger partial charge on any atom is -0.507 e. The van der Waals surface area contributed by atoms with E-state index in [1.165, 1.54) is 23.5 Å². The van der Waals surface area contributed by atoms with Gasteiger partial charge in [-0.2, -0.15) is 0 Å². The highest BCUT2D eigenvalue weighted by Gasteiger charge is 2.09. The van der Waals surface area contributed by atoms with Gasteiger partial charge in [0.15, 0.2) is 0 Å². The molecule has 0 fully saturated rings. The molecular weight excluding hydrogens is 362 g/mol. The highest BCUT2D eigenvalue weighted by molar-refractivity contribution is 7.13. The standard InChI is InChI=1S/C20H13N3O3S/c24-19-10-7-13-3-1-2-4-16(13)17(19)11-21-20-22-18(12-27-20)14-5-8-15(9-6-14)23(25)26/h1-12,24H/b21-11+. The van der Waals surface area contributed by atoms with Gasteiger partial charge in [0.2, 0.25) is 5.13 Å². The Labute approximate surface area is 158 Å². The Balaban J connectivity index is 1.63. The molecule has 0 aliphatic heterocycles. The number of thiazole rings is 1. The smallest absolute Gasteiger partial charge is 0.269 e. The molecule has 0 saturated carbocycles. The van der Waals surface area contributed by atoms with E-state index in [-0.39, 0.29) is 11.4 Å². The molecule has 3 aromatic carbocycles. The number of rotatable bonds is 4. The zero-order valence-corrected chi connectivity index (χ0v) is 14.8. The Morgan fingerprint density at radius 1 is 1.07 bits per heavy atom. The number of nitrogens with zero attached hydrogens (tertiary/aromatic N) is 3. The van der Waals surface area contributed by atoms with Gasteiger partial charge in [-0.15, -0.1) is 11.3 Å². The van der Waals surface area contributed by atoms with Gasteiger partial charge in [0.05, 0.1) is 10.6 Å². The van der Waals surface area contributed by atoms with Crippen LogP contribution < -0.4 is 0 Å². The summed E-state index contributed by atoms with van der Waals surface area (Å²) in [5.74, 6) is 0.157. The maximum absolute atomic E-state index is 10.7. The quantitative estimate of drug-likeness (QED) is 0.297. The first kappa shape index (κ1) is 16.9. The molecule has 0 unspecified atom stereocenters. The van der Waals surface area contributed by atoms with Crippen molar-refractivity contribution in [2.75, 3.05) is 0 Å². The fourth-order valence-electron chi connectivity index (χ4n) is 2.75. The Morgan fingerprint density at radius 2 is 1.85 bits per heavy atom. The van der Waals surface area contributed by atoms with E-state index in [0.29, 0.717) is 16.4 Å². The van der Waals surface area contributed by atoms with Crippen molar-refractivity contribution < 1.29 is 10.0 Å². The van der Waals surface area contributed by atoms with Gasteiger partial charge in [-0.25, -0.2) is 9.98 Å². The SMILES string of the molecule is O=[N+]([O-])c1ccc(-c2csc(/N=C/c3c(O)ccc4ccccc34)n2)cc1. The highest BCUT2D eigenvalue weighted by Crippen LogP contribution is 2.29. The number of non-ortho nitro benzene ring substituents is 1. The summed E-state index contributed by atoms with van der Waals surface area (Å²) >= 11 is 1.36. The van der Waals surface area contributed by atoms with Gasteiger partial charge in [0, 0.05) is 34.9 Å². The lowest BCUT2D eigenvalue weighted by Gasteiger charge is -2.04. The number of aromatic hydroxyl groups is 1. The maximum Gasteiger partial charge on any atom is 0.269 e. The van der Waals surface area contributed by atoms with Crippen molar-refractivity contribution in [3.8, 4) is 17.0 Å². The van der Waals surface area contributed by atoms with E-state index in [1.54, 1.807) is 24.4 Å². The average Bonchev–Trinajstić information content (AvgIpc) is 3.16. The van der Waals surface area contributed by atoms with E-state index in [0.717, 1.165) is 16.3 Å². The Kier molecular flexibility index (Phi) is 4.35. The third kappa shape index (κ3) is 3.40. The van der Waals surface area contributed by atoms with Gasteiger partial charge < -0.3 is 5.11 Å². The summed E-state index contributed by atoms with van der Waals surface area (Å²) in [7, 11) is 0. The summed E-state index contributed by atoms with van der Waals surface area (Å²) in [6.07, 6.45) is 1.61. The molecule has 0 atom stereocenters. The monoisotopic (exact) mass is 375 g/mol. The number of hydrogen-bond donors (Lipinski definition) is 1. The number of fused-ring (bicyclic) bond motifs is 1. The molecule has 0 aliphatic carbocycles. The van der Waals surface area contributed by atoms with Crippen molar-refractivity contribution in [2.45, 2.75) is 0 Å². The van der Waals surface area contributed by atoms with E-state index >= 15 is 0 Å². The zero-order valence-electron chi connectivity index (χ0n) is 13.9. The predicted octanol–water partition coefficient (Wildman–Crippen LogP) is 5.33. The van der Waals surface area contributed by atoms with E-state index in [4.69, 9.17) is 0 Å². The van der Waals surface area contributed by atoms with Crippen LogP contribution in [0.5, 0.6) is 5.75 Å². The van der Waals surface area contributed by atoms with Crippen molar-refractivity contribution in [2.24, 2.45) is 4.99 Å². The number of phenolic OH excluding ortho intramolecular Hbond substituents is 1. The van der Waals surface area contributed by atoms with Crippen LogP contribution in [0.25, 0.3) is 22.0 Å². The molecule has 7 heteroatoms. The van der Waals surface area contributed by atoms with Gasteiger partial charge >= 0.3 is 0 Å². The van der Waals surface area contributed by atoms with Crippen molar-refractivity contribution in [3.63, 3.8) is 0 Å². The molecule has 0 radical (unpaired) electrons. The molecule has 27 heavy (non-hydrogen) atoms. The molecule has 1 heterocycles. The van der Waals surface area contributed by atoms with Crippen molar-refractivity contribution in [3.05, 3.63) is 81.7 Å². The van der Waals surface area contributed by atoms with Crippen molar-refractivity contribution >= 4 is 39.1 Å². The second-order valence-electron chi connectivity index (χ2n) is 5.80. The number of benzene rings is 3. The molecular formula is C20H13N3O3S. The van der Waals surface area contributed by atoms with Crippen LogP contribution in [0.3, 0.4) is 0 Å². The average molecular weight is 375 g/mol. The summed E-state index contributed by atoms with van der Waals surface area (Å²) in [6.45, 7) is 0. The van der Waals surface area contributed by atoms with Crippen LogP contribution in [0.4, 0.5) is 10.8 Å². The largest absolute Gasteiger partial charge is 0.507 e. The fourth-order valence-corrected chi connectivity index (χ4v) is 3.42. The summed E-state index contributed by atoms with van der Waals surface area (Å²) in [4.78, 5) is 19.2. The molecule has 1 aromatic heterocycles. The summed E-state index contributed by atoms with van der Waals surface area (Å²) in [6, 6.07) is 17.5. The topological polar surface area (TPSA) is 88.6 Å². The third-order valence-corrected chi connectivity index (χ3v) is 4.87. The van der Waals surface area contributed by atoms with Gasteiger partial charge in [0.1, 0.15) is 5.75 Å². The minimum absolute atomic E-state index is 0.0404. The first-order chi connectivity index (χ1) is 13.1. The van der Waals surface area contributed by atoms with E-state index in [9.17, 15) is 15.2 Å². The Hall–Kier alpha value is -3.58. The molecule has 4 rings (SSSR count).